The molecule has 5 heteroatoms. The van der Waals surface area contributed by atoms with E-state index in [1.807, 2.05) is 12.1 Å². The molecule has 1 fully saturated rings. The number of piperidine rings is 1. The molecule has 0 aliphatic carbocycles. The zero-order chi connectivity index (χ0) is 16.4. The number of fused-ring (bicyclic) bond motifs is 1. The Labute approximate surface area is 143 Å². The van der Waals surface area contributed by atoms with E-state index in [4.69, 9.17) is 5.73 Å². The van der Waals surface area contributed by atoms with Crippen LogP contribution in [0.3, 0.4) is 0 Å². The van der Waals surface area contributed by atoms with Gasteiger partial charge in [0.1, 0.15) is 5.82 Å². The molecule has 126 valence electrons. The first-order chi connectivity index (χ1) is 11.8. The summed E-state index contributed by atoms with van der Waals surface area (Å²) in [5.41, 5.74) is 9.16. The van der Waals surface area contributed by atoms with Crippen molar-refractivity contribution in [2.24, 2.45) is 0 Å². The Hall–Kier alpha value is -2.27. The lowest BCUT2D eigenvalue weighted by Crippen LogP contribution is -2.44. The maximum Gasteiger partial charge on any atom is 0.147 e. The molecule has 1 saturated heterocycles. The number of pyridine rings is 1. The second-order valence-corrected chi connectivity index (χ2v) is 6.66. The van der Waals surface area contributed by atoms with Crippen molar-refractivity contribution in [1.29, 1.82) is 0 Å². The van der Waals surface area contributed by atoms with Crippen LogP contribution in [0.15, 0.2) is 42.6 Å². The number of benzene rings is 1. The first kappa shape index (κ1) is 15.3. The van der Waals surface area contributed by atoms with Crippen molar-refractivity contribution >= 4 is 17.2 Å². The average molecular weight is 323 g/mol. The Morgan fingerprint density at radius 3 is 2.58 bits per heavy atom. The van der Waals surface area contributed by atoms with Gasteiger partial charge in [0.15, 0.2) is 0 Å². The van der Waals surface area contributed by atoms with Gasteiger partial charge in [-0.2, -0.15) is 0 Å². The average Bonchev–Trinajstić information content (AvgIpc) is 3.00. The van der Waals surface area contributed by atoms with Crippen LogP contribution < -0.4 is 15.8 Å². The van der Waals surface area contributed by atoms with Crippen LogP contribution in [0.1, 0.15) is 24.8 Å². The molecule has 0 spiro atoms. The van der Waals surface area contributed by atoms with Gasteiger partial charge in [0.25, 0.3) is 0 Å². The Balaban J connectivity index is 1.55. The van der Waals surface area contributed by atoms with Gasteiger partial charge in [-0.05, 0) is 49.7 Å². The zero-order valence-electron chi connectivity index (χ0n) is 14.1. The molecule has 1 aromatic carbocycles. The Kier molecular flexibility index (Phi) is 4.26. The maximum atomic E-state index is 5.80. The van der Waals surface area contributed by atoms with E-state index >= 15 is 0 Å². The summed E-state index contributed by atoms with van der Waals surface area (Å²) in [5.74, 6) is 0.957. The highest BCUT2D eigenvalue weighted by molar-refractivity contribution is 5.65. The number of nitrogens with zero attached hydrogens (tertiary/aromatic N) is 4. The van der Waals surface area contributed by atoms with Gasteiger partial charge in [-0.15, -0.1) is 0 Å². The molecule has 2 N–H and O–H groups in total. The van der Waals surface area contributed by atoms with Gasteiger partial charge in [-0.3, -0.25) is 10.0 Å². The van der Waals surface area contributed by atoms with Crippen LogP contribution in [0.4, 0.5) is 17.2 Å². The minimum atomic E-state index is 0.704. The third kappa shape index (κ3) is 3.04. The highest BCUT2D eigenvalue weighted by Gasteiger charge is 2.28. The van der Waals surface area contributed by atoms with Crippen LogP contribution in [0.5, 0.6) is 0 Å². The molecule has 0 amide bonds. The van der Waals surface area contributed by atoms with E-state index in [1.165, 1.54) is 43.6 Å². The number of nitrogens with two attached hydrogens (primary N) is 1. The van der Waals surface area contributed by atoms with Crippen LogP contribution in [0.2, 0.25) is 0 Å². The summed E-state index contributed by atoms with van der Waals surface area (Å²) in [6.45, 7) is 5.42. The van der Waals surface area contributed by atoms with Crippen LogP contribution in [-0.2, 0) is 6.54 Å². The Morgan fingerprint density at radius 1 is 0.958 bits per heavy atom. The molecule has 2 aliphatic heterocycles. The van der Waals surface area contributed by atoms with Crippen molar-refractivity contribution in [2.45, 2.75) is 25.8 Å². The lowest BCUT2D eigenvalue weighted by molar-refractivity contribution is 0.233. The van der Waals surface area contributed by atoms with Crippen molar-refractivity contribution in [1.82, 2.24) is 9.88 Å². The monoisotopic (exact) mass is 323 g/mol. The van der Waals surface area contributed by atoms with E-state index in [1.54, 1.807) is 6.20 Å². The maximum absolute atomic E-state index is 5.80. The van der Waals surface area contributed by atoms with E-state index in [-0.39, 0.29) is 0 Å². The molecule has 0 bridgehead atoms. The van der Waals surface area contributed by atoms with Gasteiger partial charge >= 0.3 is 0 Å². The first-order valence-electron chi connectivity index (χ1n) is 8.88. The van der Waals surface area contributed by atoms with Crippen LogP contribution in [-0.4, -0.2) is 36.1 Å². The fourth-order valence-electron chi connectivity index (χ4n) is 3.69. The number of para-hydroxylation sites is 1. The van der Waals surface area contributed by atoms with Gasteiger partial charge < -0.3 is 10.6 Å². The Morgan fingerprint density at radius 2 is 1.79 bits per heavy atom. The number of hydrogen-bond acceptors (Lipinski definition) is 5. The molecular weight excluding hydrogens is 298 g/mol. The quantitative estimate of drug-likeness (QED) is 0.937. The fraction of sp³-hybridized carbons (Fsp3) is 0.421. The summed E-state index contributed by atoms with van der Waals surface area (Å²) in [7, 11) is 0. The lowest BCUT2D eigenvalue weighted by Gasteiger charge is -2.34. The summed E-state index contributed by atoms with van der Waals surface area (Å²) >= 11 is 0. The first-order valence-corrected chi connectivity index (χ1v) is 8.88. The van der Waals surface area contributed by atoms with Gasteiger partial charge in [0, 0.05) is 6.54 Å². The Bertz CT molecular complexity index is 678. The van der Waals surface area contributed by atoms with Gasteiger partial charge in [0.05, 0.1) is 30.7 Å². The molecule has 0 saturated carbocycles. The molecule has 24 heavy (non-hydrogen) atoms. The van der Waals surface area contributed by atoms with E-state index in [0.717, 1.165) is 25.5 Å². The van der Waals surface area contributed by atoms with Gasteiger partial charge in [-0.1, -0.05) is 24.6 Å². The molecular formula is C19H25N5. The number of likely N-dealkylation sites (tertiary alicyclic amines) is 1. The number of anilines is 3. The van der Waals surface area contributed by atoms with Crippen molar-refractivity contribution in [3.05, 3.63) is 48.2 Å². The van der Waals surface area contributed by atoms with Crippen LogP contribution >= 0.6 is 0 Å². The zero-order valence-corrected chi connectivity index (χ0v) is 14.1. The lowest BCUT2D eigenvalue weighted by atomic mass is 10.1. The summed E-state index contributed by atoms with van der Waals surface area (Å²) in [5, 5.41) is 4.65. The van der Waals surface area contributed by atoms with Gasteiger partial charge in [-0.25, -0.2) is 4.98 Å². The minimum Gasteiger partial charge on any atom is -0.397 e. The molecule has 0 atom stereocenters. The normalized spacial score (nSPS) is 18.0. The molecule has 2 aromatic rings. The van der Waals surface area contributed by atoms with Crippen LogP contribution in [0.25, 0.3) is 0 Å². The SMILES string of the molecule is Nc1ccc(N2Cc3ccccc3N2CCN2CCCCC2)nc1. The van der Waals surface area contributed by atoms with Crippen molar-refractivity contribution < 1.29 is 0 Å². The molecule has 1 aromatic heterocycles. The molecule has 4 rings (SSSR count). The molecule has 0 radical (unpaired) electrons. The molecule has 2 aliphatic rings. The summed E-state index contributed by atoms with van der Waals surface area (Å²) in [6, 6.07) is 12.6. The van der Waals surface area contributed by atoms with Gasteiger partial charge in [0.2, 0.25) is 0 Å². The van der Waals surface area contributed by atoms with E-state index < -0.39 is 0 Å². The van der Waals surface area contributed by atoms with Crippen molar-refractivity contribution in [3.8, 4) is 0 Å². The van der Waals surface area contributed by atoms with Crippen molar-refractivity contribution in [3.63, 3.8) is 0 Å². The summed E-state index contributed by atoms with van der Waals surface area (Å²) in [4.78, 5) is 7.12. The number of rotatable bonds is 4. The van der Waals surface area contributed by atoms with E-state index in [2.05, 4.69) is 44.2 Å². The second-order valence-electron chi connectivity index (χ2n) is 6.66. The summed E-state index contributed by atoms with van der Waals surface area (Å²) < 4.78 is 0. The van der Waals surface area contributed by atoms with Crippen LogP contribution in [0, 0.1) is 0 Å². The molecule has 0 unspecified atom stereocenters. The van der Waals surface area contributed by atoms with Crippen molar-refractivity contribution in [2.75, 3.05) is 41.9 Å². The third-order valence-electron chi connectivity index (χ3n) is 4.99. The number of aromatic nitrogens is 1. The predicted octanol–water partition coefficient (Wildman–Crippen LogP) is 2.89. The summed E-state index contributed by atoms with van der Waals surface area (Å²) in [6.07, 6.45) is 5.78. The number of nitrogen functional groups attached to an aromatic ring is 1. The highest BCUT2D eigenvalue weighted by Crippen LogP contribution is 2.33. The molecule has 3 heterocycles. The second kappa shape index (κ2) is 6.69. The van der Waals surface area contributed by atoms with E-state index in [0.29, 0.717) is 5.69 Å². The smallest absolute Gasteiger partial charge is 0.147 e. The minimum absolute atomic E-state index is 0.704. The third-order valence-corrected chi connectivity index (χ3v) is 4.99. The fourth-order valence-corrected chi connectivity index (χ4v) is 3.69. The predicted molar refractivity (Wildman–Crippen MR) is 98.9 cm³/mol. The largest absolute Gasteiger partial charge is 0.397 e. The number of hydrazine groups is 1. The van der Waals surface area contributed by atoms with E-state index in [9.17, 15) is 0 Å². The topological polar surface area (TPSA) is 48.6 Å². The standard InChI is InChI=1S/C19H25N5/c20-17-8-9-19(21-14-17)24-15-16-6-2-3-7-18(16)23(24)13-12-22-10-4-1-5-11-22/h2-3,6-9,14H,1,4-5,10-13,15,20H2. The molecule has 5 nitrogen and oxygen atoms in total. The highest BCUT2D eigenvalue weighted by atomic mass is 15.7. The number of hydrogen-bond donors (Lipinski definition) is 1.